The van der Waals surface area contributed by atoms with Crippen LogP contribution in [0.25, 0.3) is 0 Å². The maximum atomic E-state index is 12.3. The summed E-state index contributed by atoms with van der Waals surface area (Å²) in [5.41, 5.74) is 2.50. The summed E-state index contributed by atoms with van der Waals surface area (Å²) in [6, 6.07) is -0.431. The zero-order chi connectivity index (χ0) is 13.6. The molecule has 108 valence electrons. The van der Waals surface area contributed by atoms with Crippen molar-refractivity contribution in [3.63, 3.8) is 0 Å². The molecule has 1 saturated carbocycles. The Hall–Kier alpha value is -0.330. The van der Waals surface area contributed by atoms with E-state index in [2.05, 4.69) is 5.43 Å². The van der Waals surface area contributed by atoms with Crippen molar-refractivity contribution in [1.82, 2.24) is 5.43 Å². The third-order valence-electron chi connectivity index (χ3n) is 3.74. The first-order valence-corrected chi connectivity index (χ1v) is 6.53. The minimum atomic E-state index is -4.14. The van der Waals surface area contributed by atoms with Crippen LogP contribution in [0.1, 0.15) is 44.9 Å². The molecule has 1 aliphatic carbocycles. The molecule has 0 saturated heterocycles. The molecule has 6 heteroatoms. The third-order valence-corrected chi connectivity index (χ3v) is 3.74. The van der Waals surface area contributed by atoms with Crippen LogP contribution in [0.2, 0.25) is 0 Å². The van der Waals surface area contributed by atoms with Crippen molar-refractivity contribution in [3.05, 3.63) is 0 Å². The summed E-state index contributed by atoms with van der Waals surface area (Å²) in [4.78, 5) is 0. The Morgan fingerprint density at radius 1 is 1.28 bits per heavy atom. The lowest BCUT2D eigenvalue weighted by molar-refractivity contribution is -0.139. The molecule has 0 bridgehead atoms. The molecule has 2 unspecified atom stereocenters. The second-order valence-corrected chi connectivity index (χ2v) is 5.03. The number of rotatable bonds is 6. The lowest BCUT2D eigenvalue weighted by Gasteiger charge is -2.34. The highest BCUT2D eigenvalue weighted by Gasteiger charge is 2.34. The summed E-state index contributed by atoms with van der Waals surface area (Å²) in [7, 11) is 1.55. The highest BCUT2D eigenvalue weighted by molar-refractivity contribution is 4.84. The number of nitrogens with two attached hydrogens (primary N) is 1. The highest BCUT2D eigenvalue weighted by Crippen LogP contribution is 2.31. The minimum Gasteiger partial charge on any atom is -0.379 e. The van der Waals surface area contributed by atoms with Crippen molar-refractivity contribution in [2.75, 3.05) is 7.11 Å². The van der Waals surface area contributed by atoms with Crippen LogP contribution in [0, 0.1) is 5.92 Å². The number of ether oxygens (including phenoxy) is 1. The van der Waals surface area contributed by atoms with Crippen LogP contribution in [-0.4, -0.2) is 25.4 Å². The van der Waals surface area contributed by atoms with Crippen LogP contribution < -0.4 is 11.3 Å². The van der Waals surface area contributed by atoms with Crippen LogP contribution in [-0.2, 0) is 4.74 Å². The van der Waals surface area contributed by atoms with Crippen molar-refractivity contribution < 1.29 is 17.9 Å². The topological polar surface area (TPSA) is 47.3 Å². The second-order valence-electron chi connectivity index (χ2n) is 5.03. The fraction of sp³-hybridized carbons (Fsp3) is 1.00. The molecular formula is C12H23F3N2O. The van der Waals surface area contributed by atoms with Gasteiger partial charge in [-0.15, -0.1) is 0 Å². The van der Waals surface area contributed by atoms with E-state index < -0.39 is 18.6 Å². The number of hydrogen-bond donors (Lipinski definition) is 2. The number of alkyl halides is 3. The van der Waals surface area contributed by atoms with Gasteiger partial charge in [0, 0.05) is 19.6 Å². The van der Waals surface area contributed by atoms with Gasteiger partial charge in [0.2, 0.25) is 0 Å². The SMILES string of the molecule is COC(C1CCCCC1)C(CCC(F)(F)F)NN. The number of halogens is 3. The van der Waals surface area contributed by atoms with Crippen LogP contribution >= 0.6 is 0 Å². The maximum Gasteiger partial charge on any atom is 0.389 e. The monoisotopic (exact) mass is 268 g/mol. The van der Waals surface area contributed by atoms with Gasteiger partial charge < -0.3 is 4.74 Å². The molecule has 0 aromatic heterocycles. The molecule has 1 fully saturated rings. The predicted molar refractivity (Wildman–Crippen MR) is 63.8 cm³/mol. The van der Waals surface area contributed by atoms with Crippen LogP contribution in [0.5, 0.6) is 0 Å². The maximum absolute atomic E-state index is 12.3. The van der Waals surface area contributed by atoms with E-state index in [9.17, 15) is 13.2 Å². The number of hydrogen-bond acceptors (Lipinski definition) is 3. The predicted octanol–water partition coefficient (Wildman–Crippen LogP) is 2.76. The largest absolute Gasteiger partial charge is 0.389 e. The van der Waals surface area contributed by atoms with E-state index in [-0.39, 0.29) is 12.5 Å². The molecule has 0 aliphatic heterocycles. The van der Waals surface area contributed by atoms with E-state index in [1.165, 1.54) is 6.42 Å². The Balaban J connectivity index is 2.53. The van der Waals surface area contributed by atoms with E-state index in [1.54, 1.807) is 7.11 Å². The Morgan fingerprint density at radius 2 is 1.89 bits per heavy atom. The van der Waals surface area contributed by atoms with Gasteiger partial charge in [0.1, 0.15) is 0 Å². The quantitative estimate of drug-likeness (QED) is 0.575. The molecule has 0 amide bonds. The third kappa shape index (κ3) is 5.12. The van der Waals surface area contributed by atoms with E-state index in [4.69, 9.17) is 10.6 Å². The van der Waals surface area contributed by atoms with Crippen molar-refractivity contribution in [1.29, 1.82) is 0 Å². The molecule has 2 atom stereocenters. The van der Waals surface area contributed by atoms with Gasteiger partial charge in [0.15, 0.2) is 0 Å². The summed E-state index contributed by atoms with van der Waals surface area (Å²) in [6.07, 6.45) is 0.269. The van der Waals surface area contributed by atoms with Crippen LogP contribution in [0.15, 0.2) is 0 Å². The highest BCUT2D eigenvalue weighted by atomic mass is 19.4. The standard InChI is InChI=1S/C12H23F3N2O/c1-18-11(9-5-3-2-4-6-9)10(17-16)7-8-12(13,14)15/h9-11,17H,2-8,16H2,1H3. The summed E-state index contributed by atoms with van der Waals surface area (Å²) in [6.45, 7) is 0. The fourth-order valence-corrected chi connectivity index (χ4v) is 2.81. The molecule has 3 N–H and O–H groups in total. The smallest absolute Gasteiger partial charge is 0.379 e. The molecule has 0 spiro atoms. The number of nitrogens with one attached hydrogen (secondary N) is 1. The molecule has 0 heterocycles. The second kappa shape index (κ2) is 7.31. The zero-order valence-corrected chi connectivity index (χ0v) is 10.8. The van der Waals surface area contributed by atoms with Crippen molar-refractivity contribution in [2.24, 2.45) is 11.8 Å². The van der Waals surface area contributed by atoms with Gasteiger partial charge in [0.25, 0.3) is 0 Å². The summed E-state index contributed by atoms with van der Waals surface area (Å²) < 4.78 is 42.2. The van der Waals surface area contributed by atoms with Crippen LogP contribution in [0.3, 0.4) is 0 Å². The molecular weight excluding hydrogens is 245 g/mol. The summed E-state index contributed by atoms with van der Waals surface area (Å²) in [5, 5.41) is 0. The van der Waals surface area contributed by atoms with Gasteiger partial charge in [-0.2, -0.15) is 13.2 Å². The lowest BCUT2D eigenvalue weighted by atomic mass is 9.81. The van der Waals surface area contributed by atoms with Gasteiger partial charge in [0.05, 0.1) is 6.10 Å². The Kier molecular flexibility index (Phi) is 6.38. The van der Waals surface area contributed by atoms with E-state index >= 15 is 0 Å². The van der Waals surface area contributed by atoms with Gasteiger partial charge in [-0.05, 0) is 25.2 Å². The van der Waals surface area contributed by atoms with Gasteiger partial charge in [-0.1, -0.05) is 19.3 Å². The van der Waals surface area contributed by atoms with Gasteiger partial charge in [-0.3, -0.25) is 11.3 Å². The Labute approximate surface area is 106 Å². The van der Waals surface area contributed by atoms with Gasteiger partial charge in [-0.25, -0.2) is 0 Å². The van der Waals surface area contributed by atoms with Crippen molar-refractivity contribution in [2.45, 2.75) is 63.3 Å². The first-order valence-electron chi connectivity index (χ1n) is 6.53. The molecule has 18 heavy (non-hydrogen) atoms. The molecule has 3 nitrogen and oxygen atoms in total. The molecule has 1 rings (SSSR count). The molecule has 0 aromatic rings. The van der Waals surface area contributed by atoms with E-state index in [0.717, 1.165) is 25.7 Å². The lowest BCUT2D eigenvalue weighted by Crippen LogP contribution is -2.49. The van der Waals surface area contributed by atoms with Crippen molar-refractivity contribution in [3.8, 4) is 0 Å². The Morgan fingerprint density at radius 3 is 2.33 bits per heavy atom. The van der Waals surface area contributed by atoms with E-state index in [0.29, 0.717) is 5.92 Å². The van der Waals surface area contributed by atoms with Crippen molar-refractivity contribution >= 4 is 0 Å². The fourth-order valence-electron chi connectivity index (χ4n) is 2.81. The summed E-state index contributed by atoms with van der Waals surface area (Å²) in [5.74, 6) is 5.71. The number of hydrazine groups is 1. The molecule has 0 aromatic carbocycles. The first kappa shape index (κ1) is 15.7. The van der Waals surface area contributed by atoms with E-state index in [1.807, 2.05) is 0 Å². The minimum absolute atomic E-state index is 0.0327. The average Bonchev–Trinajstić information content (AvgIpc) is 2.34. The average molecular weight is 268 g/mol. The molecule has 1 aliphatic rings. The number of methoxy groups -OCH3 is 1. The van der Waals surface area contributed by atoms with Crippen LogP contribution in [0.4, 0.5) is 13.2 Å². The normalized spacial score (nSPS) is 21.8. The molecule has 0 radical (unpaired) electrons. The van der Waals surface area contributed by atoms with Gasteiger partial charge >= 0.3 is 6.18 Å². The first-order chi connectivity index (χ1) is 8.48. The Bertz CT molecular complexity index is 230. The zero-order valence-electron chi connectivity index (χ0n) is 10.8. The summed E-state index contributed by atoms with van der Waals surface area (Å²) >= 11 is 0.